The number of rotatable bonds is 5. The van der Waals surface area contributed by atoms with Crippen LogP contribution in [-0.4, -0.2) is 35.2 Å². The first-order valence-corrected chi connectivity index (χ1v) is 8.64. The molecular weight excluding hydrogens is 288 g/mol. The Morgan fingerprint density at radius 2 is 2.13 bits per heavy atom. The second kappa shape index (κ2) is 7.35. The molecule has 0 radical (unpaired) electrons. The highest BCUT2D eigenvalue weighted by Crippen LogP contribution is 2.32. The van der Waals surface area contributed by atoms with Gasteiger partial charge in [-0.05, 0) is 42.7 Å². The molecular formula is C19H30N2O2. The Balaban J connectivity index is 2.02. The van der Waals surface area contributed by atoms with Gasteiger partial charge in [0.1, 0.15) is 0 Å². The van der Waals surface area contributed by atoms with Gasteiger partial charge < -0.3 is 15.3 Å². The molecule has 4 nitrogen and oxygen atoms in total. The largest absolute Gasteiger partial charge is 0.393 e. The van der Waals surface area contributed by atoms with E-state index in [4.69, 9.17) is 0 Å². The Bertz CT molecular complexity index is 540. The van der Waals surface area contributed by atoms with Crippen LogP contribution in [0.5, 0.6) is 0 Å². The number of urea groups is 1. The summed E-state index contributed by atoms with van der Waals surface area (Å²) in [4.78, 5) is 14.6. The molecule has 4 heteroatoms. The monoisotopic (exact) mass is 318 g/mol. The molecule has 1 heterocycles. The number of amides is 2. The van der Waals surface area contributed by atoms with Crippen LogP contribution in [0.1, 0.15) is 57.7 Å². The average molecular weight is 318 g/mol. The van der Waals surface area contributed by atoms with E-state index in [9.17, 15) is 9.90 Å². The van der Waals surface area contributed by atoms with Gasteiger partial charge in [0, 0.05) is 13.1 Å². The third kappa shape index (κ3) is 4.47. The van der Waals surface area contributed by atoms with E-state index in [0.29, 0.717) is 13.0 Å². The smallest absolute Gasteiger partial charge is 0.317 e. The minimum absolute atomic E-state index is 0.00465. The van der Waals surface area contributed by atoms with Crippen LogP contribution in [0.25, 0.3) is 0 Å². The molecule has 0 fully saturated rings. The highest BCUT2D eigenvalue weighted by atomic mass is 16.3. The van der Waals surface area contributed by atoms with E-state index in [-0.39, 0.29) is 23.6 Å². The van der Waals surface area contributed by atoms with Crippen LogP contribution in [0.4, 0.5) is 4.79 Å². The second-order valence-electron chi connectivity index (χ2n) is 7.44. The molecule has 0 spiro atoms. The lowest BCUT2D eigenvalue weighted by Gasteiger charge is -2.38. The Kier molecular flexibility index (Phi) is 5.69. The molecule has 0 aliphatic carbocycles. The third-order valence-electron chi connectivity index (χ3n) is 4.63. The molecule has 0 bridgehead atoms. The molecule has 23 heavy (non-hydrogen) atoms. The molecule has 1 aliphatic rings. The second-order valence-corrected chi connectivity index (χ2v) is 7.44. The van der Waals surface area contributed by atoms with Crippen LogP contribution in [0.3, 0.4) is 0 Å². The van der Waals surface area contributed by atoms with Gasteiger partial charge in [-0.2, -0.15) is 0 Å². The number of aliphatic hydroxyl groups excluding tert-OH is 1. The van der Waals surface area contributed by atoms with Crippen LogP contribution >= 0.6 is 0 Å². The Labute approximate surface area is 139 Å². The van der Waals surface area contributed by atoms with E-state index >= 15 is 0 Å². The number of fused-ring (bicyclic) bond motifs is 1. The normalized spacial score (nSPS) is 19.2. The van der Waals surface area contributed by atoms with Crippen LogP contribution in [0.2, 0.25) is 0 Å². The first-order valence-electron chi connectivity index (χ1n) is 8.64. The fraction of sp³-hybridized carbons (Fsp3) is 0.632. The van der Waals surface area contributed by atoms with Crippen molar-refractivity contribution in [2.75, 3.05) is 13.1 Å². The number of aliphatic hydroxyl groups is 1. The van der Waals surface area contributed by atoms with Crippen molar-refractivity contribution in [1.82, 2.24) is 10.2 Å². The minimum Gasteiger partial charge on any atom is -0.393 e. The third-order valence-corrected chi connectivity index (χ3v) is 4.63. The van der Waals surface area contributed by atoms with Gasteiger partial charge in [-0.1, -0.05) is 45.0 Å². The molecule has 0 saturated heterocycles. The summed E-state index contributed by atoms with van der Waals surface area (Å²) in [7, 11) is 0. The zero-order chi connectivity index (χ0) is 17.0. The molecule has 128 valence electrons. The predicted octanol–water partition coefficient (Wildman–Crippen LogP) is 3.50. The average Bonchev–Trinajstić information content (AvgIpc) is 2.50. The van der Waals surface area contributed by atoms with Gasteiger partial charge in [-0.25, -0.2) is 4.79 Å². The van der Waals surface area contributed by atoms with Gasteiger partial charge in [0.15, 0.2) is 0 Å². The van der Waals surface area contributed by atoms with Crippen LogP contribution in [0, 0.1) is 5.41 Å². The molecule has 2 unspecified atom stereocenters. The number of carbonyl (C=O) groups excluding carboxylic acids is 1. The first-order chi connectivity index (χ1) is 10.8. The summed E-state index contributed by atoms with van der Waals surface area (Å²) in [6.07, 6.45) is 2.15. The van der Waals surface area contributed by atoms with Gasteiger partial charge in [0.05, 0.1) is 12.1 Å². The number of nitrogens with one attached hydrogen (secondary N) is 1. The van der Waals surface area contributed by atoms with E-state index in [1.807, 2.05) is 4.90 Å². The minimum atomic E-state index is -0.354. The topological polar surface area (TPSA) is 52.6 Å². The maximum atomic E-state index is 12.7. The standard InChI is InChI=1S/C19H30N2O2/c1-5-17-16-9-7-6-8-15(16)10-11-21(17)18(23)20-13-19(3,4)12-14(2)22/h6-9,14,17,22H,5,10-13H2,1-4H3,(H,20,23). The summed E-state index contributed by atoms with van der Waals surface area (Å²) < 4.78 is 0. The Morgan fingerprint density at radius 1 is 1.43 bits per heavy atom. The summed E-state index contributed by atoms with van der Waals surface area (Å²) in [5.74, 6) is 0. The Morgan fingerprint density at radius 3 is 2.78 bits per heavy atom. The Hall–Kier alpha value is -1.55. The molecule has 2 N–H and O–H groups in total. The van der Waals surface area contributed by atoms with Crippen molar-refractivity contribution < 1.29 is 9.90 Å². The van der Waals surface area contributed by atoms with Crippen molar-refractivity contribution in [2.24, 2.45) is 5.41 Å². The zero-order valence-electron chi connectivity index (χ0n) is 14.8. The first kappa shape index (κ1) is 17.8. The predicted molar refractivity (Wildman–Crippen MR) is 93.4 cm³/mol. The van der Waals surface area contributed by atoms with E-state index in [1.165, 1.54) is 11.1 Å². The number of benzene rings is 1. The van der Waals surface area contributed by atoms with Crippen molar-refractivity contribution in [3.05, 3.63) is 35.4 Å². The molecule has 2 atom stereocenters. The van der Waals surface area contributed by atoms with Gasteiger partial charge in [-0.3, -0.25) is 0 Å². The van der Waals surface area contributed by atoms with Crippen molar-refractivity contribution in [3.63, 3.8) is 0 Å². The van der Waals surface area contributed by atoms with Crippen LogP contribution in [-0.2, 0) is 6.42 Å². The van der Waals surface area contributed by atoms with E-state index in [1.54, 1.807) is 6.92 Å². The highest BCUT2D eigenvalue weighted by molar-refractivity contribution is 5.75. The quantitative estimate of drug-likeness (QED) is 0.873. The van der Waals surface area contributed by atoms with Crippen LogP contribution < -0.4 is 5.32 Å². The lowest BCUT2D eigenvalue weighted by atomic mass is 9.87. The maximum Gasteiger partial charge on any atom is 0.317 e. The fourth-order valence-electron chi connectivity index (χ4n) is 3.62. The van der Waals surface area contributed by atoms with Crippen LogP contribution in [0.15, 0.2) is 24.3 Å². The molecule has 0 aromatic heterocycles. The SMILES string of the molecule is CCC1c2ccccc2CCN1C(=O)NCC(C)(C)CC(C)O. The van der Waals surface area contributed by atoms with E-state index in [2.05, 4.69) is 50.4 Å². The molecule has 1 aromatic carbocycles. The number of nitrogens with zero attached hydrogens (tertiary/aromatic N) is 1. The van der Waals surface area contributed by atoms with E-state index < -0.39 is 0 Å². The zero-order valence-corrected chi connectivity index (χ0v) is 14.8. The summed E-state index contributed by atoms with van der Waals surface area (Å²) >= 11 is 0. The van der Waals surface area contributed by atoms with E-state index in [0.717, 1.165) is 19.4 Å². The van der Waals surface area contributed by atoms with Crippen molar-refractivity contribution >= 4 is 6.03 Å². The maximum absolute atomic E-state index is 12.7. The summed E-state index contributed by atoms with van der Waals surface area (Å²) in [6, 6.07) is 8.58. The van der Waals surface area contributed by atoms with Gasteiger partial charge in [0.25, 0.3) is 0 Å². The van der Waals surface area contributed by atoms with Crippen molar-refractivity contribution in [1.29, 1.82) is 0 Å². The molecule has 2 amide bonds. The lowest BCUT2D eigenvalue weighted by molar-refractivity contribution is 0.123. The number of carbonyl (C=O) groups is 1. The molecule has 0 saturated carbocycles. The molecule has 1 aliphatic heterocycles. The van der Waals surface area contributed by atoms with Gasteiger partial charge in [0.2, 0.25) is 0 Å². The summed E-state index contributed by atoms with van der Waals surface area (Å²) in [6.45, 7) is 9.40. The van der Waals surface area contributed by atoms with Gasteiger partial charge in [-0.15, -0.1) is 0 Å². The number of hydrogen-bond donors (Lipinski definition) is 2. The number of hydrogen-bond acceptors (Lipinski definition) is 2. The summed E-state index contributed by atoms with van der Waals surface area (Å²) in [5.41, 5.74) is 2.52. The highest BCUT2D eigenvalue weighted by Gasteiger charge is 2.30. The van der Waals surface area contributed by atoms with Crippen molar-refractivity contribution in [3.8, 4) is 0 Å². The van der Waals surface area contributed by atoms with Crippen molar-refractivity contribution in [2.45, 2.75) is 59.1 Å². The molecule has 2 rings (SSSR count). The van der Waals surface area contributed by atoms with Gasteiger partial charge >= 0.3 is 6.03 Å². The molecule has 1 aromatic rings. The summed E-state index contributed by atoms with van der Waals surface area (Å²) in [5, 5.41) is 12.6. The fourth-order valence-corrected chi connectivity index (χ4v) is 3.62. The lowest BCUT2D eigenvalue weighted by Crippen LogP contribution is -2.48.